The average Bonchev–Trinajstić information content (AvgIpc) is 3.08. The number of aliphatic hydroxyl groups is 1. The van der Waals surface area contributed by atoms with Crippen molar-refractivity contribution in [3.63, 3.8) is 0 Å². The maximum atomic E-state index is 12.3. The largest absolute Gasteiger partial charge is 0.387 e. The second kappa shape index (κ2) is 8.49. The van der Waals surface area contributed by atoms with Crippen LogP contribution in [0.15, 0.2) is 41.3 Å². The van der Waals surface area contributed by atoms with Crippen molar-refractivity contribution < 1.29 is 19.5 Å². The Kier molecular flexibility index (Phi) is 5.78. The van der Waals surface area contributed by atoms with Crippen molar-refractivity contribution in [3.05, 3.63) is 53.1 Å². The van der Waals surface area contributed by atoms with E-state index >= 15 is 0 Å². The van der Waals surface area contributed by atoms with E-state index < -0.39 is 17.9 Å². The van der Waals surface area contributed by atoms with Crippen LogP contribution in [0, 0.1) is 0 Å². The van der Waals surface area contributed by atoms with Gasteiger partial charge in [-0.3, -0.25) is 14.4 Å². The molecule has 0 saturated carbocycles. The zero-order chi connectivity index (χ0) is 21.3. The van der Waals surface area contributed by atoms with Crippen molar-refractivity contribution in [1.82, 2.24) is 5.32 Å². The van der Waals surface area contributed by atoms with E-state index in [9.17, 15) is 19.5 Å². The van der Waals surface area contributed by atoms with E-state index in [-0.39, 0.29) is 12.5 Å². The lowest BCUT2D eigenvalue weighted by Crippen LogP contribution is -2.37. The molecule has 0 saturated heterocycles. The fourth-order valence-electron chi connectivity index (χ4n) is 3.95. The zero-order valence-corrected chi connectivity index (χ0v) is 17.4. The maximum Gasteiger partial charge on any atom is 0.313 e. The highest BCUT2D eigenvalue weighted by molar-refractivity contribution is 7.98. The SMILES string of the molecule is CSc1ccc(C(O)CNC(=O)C(=O)Nc2cc3c4c(c2)CC(=O)N4CCC3)cc1. The smallest absolute Gasteiger partial charge is 0.313 e. The van der Waals surface area contributed by atoms with E-state index in [1.165, 1.54) is 0 Å². The number of aryl methyl sites for hydroxylation is 1. The maximum absolute atomic E-state index is 12.3. The van der Waals surface area contributed by atoms with Crippen molar-refractivity contribution in [2.75, 3.05) is 29.6 Å². The third-order valence-corrected chi connectivity index (χ3v) is 6.17. The molecule has 0 fully saturated rings. The molecule has 4 rings (SSSR count). The summed E-state index contributed by atoms with van der Waals surface area (Å²) in [6, 6.07) is 11.0. The number of nitrogens with one attached hydrogen (secondary N) is 2. The number of amides is 3. The molecule has 156 valence electrons. The fraction of sp³-hybridized carbons (Fsp3) is 0.318. The van der Waals surface area contributed by atoms with Gasteiger partial charge < -0.3 is 20.6 Å². The molecule has 2 aromatic carbocycles. The first-order valence-corrected chi connectivity index (χ1v) is 11.1. The Hall–Kier alpha value is -2.84. The van der Waals surface area contributed by atoms with Gasteiger partial charge in [0.25, 0.3) is 0 Å². The van der Waals surface area contributed by atoms with Crippen molar-refractivity contribution in [1.29, 1.82) is 0 Å². The van der Waals surface area contributed by atoms with Gasteiger partial charge >= 0.3 is 11.8 Å². The topological polar surface area (TPSA) is 98.7 Å². The van der Waals surface area contributed by atoms with Gasteiger partial charge in [-0.2, -0.15) is 0 Å². The van der Waals surface area contributed by atoms with E-state index in [0.717, 1.165) is 41.1 Å². The lowest BCUT2D eigenvalue weighted by molar-refractivity contribution is -0.136. The normalized spacial score (nSPS) is 15.5. The summed E-state index contributed by atoms with van der Waals surface area (Å²) in [5.41, 5.74) is 4.04. The number of carbonyl (C=O) groups excluding carboxylic acids is 3. The second-order valence-electron chi connectivity index (χ2n) is 7.42. The number of thioether (sulfide) groups is 1. The number of nitrogens with zero attached hydrogens (tertiary/aromatic N) is 1. The molecule has 0 aliphatic carbocycles. The number of aliphatic hydroxyl groups excluding tert-OH is 1. The fourth-order valence-corrected chi connectivity index (χ4v) is 4.36. The van der Waals surface area contributed by atoms with Gasteiger partial charge in [0.05, 0.1) is 18.2 Å². The zero-order valence-electron chi connectivity index (χ0n) is 16.6. The van der Waals surface area contributed by atoms with Crippen LogP contribution in [0.25, 0.3) is 0 Å². The number of hydrogen-bond acceptors (Lipinski definition) is 5. The van der Waals surface area contributed by atoms with Crippen LogP contribution in [0.3, 0.4) is 0 Å². The van der Waals surface area contributed by atoms with Crippen LogP contribution in [-0.4, -0.2) is 42.2 Å². The molecule has 2 heterocycles. The molecule has 2 aromatic rings. The van der Waals surface area contributed by atoms with Gasteiger partial charge in [-0.15, -0.1) is 11.8 Å². The van der Waals surface area contributed by atoms with E-state index in [0.29, 0.717) is 17.7 Å². The number of anilines is 2. The Balaban J connectivity index is 1.36. The number of benzene rings is 2. The molecule has 2 aliphatic heterocycles. The molecule has 0 radical (unpaired) electrons. The van der Waals surface area contributed by atoms with Gasteiger partial charge in [0.1, 0.15) is 0 Å². The summed E-state index contributed by atoms with van der Waals surface area (Å²) >= 11 is 1.60. The van der Waals surface area contributed by atoms with Gasteiger partial charge in [-0.1, -0.05) is 12.1 Å². The number of hydrogen-bond donors (Lipinski definition) is 3. The van der Waals surface area contributed by atoms with E-state index in [1.807, 2.05) is 24.5 Å². The molecule has 8 heteroatoms. The van der Waals surface area contributed by atoms with Crippen LogP contribution in [0.2, 0.25) is 0 Å². The summed E-state index contributed by atoms with van der Waals surface area (Å²) in [5.74, 6) is -1.54. The van der Waals surface area contributed by atoms with Gasteiger partial charge in [0, 0.05) is 23.7 Å². The highest BCUT2D eigenvalue weighted by Gasteiger charge is 2.32. The molecule has 3 N–H and O–H groups in total. The van der Waals surface area contributed by atoms with Crippen LogP contribution in [-0.2, 0) is 27.2 Å². The third-order valence-electron chi connectivity index (χ3n) is 5.43. The van der Waals surface area contributed by atoms with Crippen LogP contribution >= 0.6 is 11.8 Å². The highest BCUT2D eigenvalue weighted by atomic mass is 32.2. The Morgan fingerprint density at radius 3 is 2.63 bits per heavy atom. The summed E-state index contributed by atoms with van der Waals surface area (Å²) in [4.78, 5) is 39.5. The standard InChI is InChI=1S/C22H23N3O4S/c1-30-17-6-4-13(5-7-17)18(26)12-23-21(28)22(29)24-16-9-14-3-2-8-25-19(27)11-15(10-16)20(14)25/h4-7,9-10,18,26H,2-3,8,11-12H2,1H3,(H,23,28)(H,24,29). The molecule has 0 aromatic heterocycles. The summed E-state index contributed by atoms with van der Waals surface area (Å²) in [6.07, 6.45) is 3.10. The van der Waals surface area contributed by atoms with Gasteiger partial charge in [-0.05, 0) is 60.1 Å². The predicted molar refractivity (Wildman–Crippen MR) is 116 cm³/mol. The summed E-state index contributed by atoms with van der Waals surface area (Å²) in [6.45, 7) is 0.666. The Labute approximate surface area is 178 Å². The van der Waals surface area contributed by atoms with Crippen LogP contribution in [0.1, 0.15) is 29.2 Å². The van der Waals surface area contributed by atoms with Crippen molar-refractivity contribution in [2.24, 2.45) is 0 Å². The third kappa shape index (κ3) is 4.06. The first-order chi connectivity index (χ1) is 14.5. The molecular formula is C22H23N3O4S. The van der Waals surface area contributed by atoms with Gasteiger partial charge in [0.15, 0.2) is 0 Å². The van der Waals surface area contributed by atoms with Gasteiger partial charge in [-0.25, -0.2) is 0 Å². The van der Waals surface area contributed by atoms with Crippen molar-refractivity contribution >= 4 is 40.9 Å². The Morgan fingerprint density at radius 2 is 1.90 bits per heavy atom. The number of rotatable bonds is 5. The minimum Gasteiger partial charge on any atom is -0.387 e. The van der Waals surface area contributed by atoms with E-state index in [2.05, 4.69) is 10.6 Å². The molecule has 0 bridgehead atoms. The lowest BCUT2D eigenvalue weighted by atomic mass is 9.99. The Bertz CT molecular complexity index is 1010. The molecule has 1 atom stereocenters. The molecule has 7 nitrogen and oxygen atoms in total. The predicted octanol–water partition coefficient (Wildman–Crippen LogP) is 2.03. The second-order valence-corrected chi connectivity index (χ2v) is 8.30. The minimum absolute atomic E-state index is 0.0657. The van der Waals surface area contributed by atoms with Crippen LogP contribution in [0.4, 0.5) is 11.4 Å². The first-order valence-electron chi connectivity index (χ1n) is 9.83. The van der Waals surface area contributed by atoms with Crippen molar-refractivity contribution in [3.8, 4) is 0 Å². The van der Waals surface area contributed by atoms with E-state index in [4.69, 9.17) is 0 Å². The first kappa shape index (κ1) is 20.4. The number of carbonyl (C=O) groups is 3. The quantitative estimate of drug-likeness (QED) is 0.503. The van der Waals surface area contributed by atoms with Gasteiger partial charge in [0.2, 0.25) is 5.91 Å². The minimum atomic E-state index is -0.904. The lowest BCUT2D eigenvalue weighted by Gasteiger charge is -2.26. The van der Waals surface area contributed by atoms with E-state index in [1.54, 1.807) is 34.9 Å². The Morgan fingerprint density at radius 1 is 1.17 bits per heavy atom. The van der Waals surface area contributed by atoms with Crippen LogP contribution in [0.5, 0.6) is 0 Å². The molecule has 2 aliphatic rings. The average molecular weight is 426 g/mol. The van der Waals surface area contributed by atoms with Crippen LogP contribution < -0.4 is 15.5 Å². The summed E-state index contributed by atoms with van der Waals surface area (Å²) in [5, 5.41) is 15.3. The molecule has 3 amide bonds. The summed E-state index contributed by atoms with van der Waals surface area (Å²) < 4.78 is 0. The monoisotopic (exact) mass is 425 g/mol. The summed E-state index contributed by atoms with van der Waals surface area (Å²) in [7, 11) is 0. The molecule has 1 unspecified atom stereocenters. The van der Waals surface area contributed by atoms with Crippen molar-refractivity contribution in [2.45, 2.75) is 30.3 Å². The molecule has 30 heavy (non-hydrogen) atoms. The highest BCUT2D eigenvalue weighted by Crippen LogP contribution is 2.38. The molecule has 0 spiro atoms. The molecular weight excluding hydrogens is 402 g/mol.